The van der Waals surface area contributed by atoms with Crippen LogP contribution in [0.1, 0.15) is 29.2 Å². The Morgan fingerprint density at radius 2 is 0.946 bits per heavy atom. The summed E-state index contributed by atoms with van der Waals surface area (Å²) in [4.78, 5) is 0. The van der Waals surface area contributed by atoms with Gasteiger partial charge in [0.15, 0.2) is 0 Å². The Balaban J connectivity index is 1.60. The molecule has 0 heterocycles. The quantitative estimate of drug-likeness (QED) is 0.221. The Bertz CT molecular complexity index is 1200. The molecule has 1 aliphatic carbocycles. The molecule has 4 aromatic rings. The molecule has 5 rings (SSSR count). The van der Waals surface area contributed by atoms with Crippen molar-refractivity contribution in [2.45, 2.75) is 40.3 Å². The third kappa shape index (κ3) is 5.93. The van der Waals surface area contributed by atoms with Gasteiger partial charge in [-0.05, 0) is 95.6 Å². The van der Waals surface area contributed by atoms with Crippen LogP contribution >= 0.6 is 15.8 Å². The number of hydrogen-bond acceptors (Lipinski definition) is 0. The number of aryl methyl sites for hydroxylation is 4. The van der Waals surface area contributed by atoms with Gasteiger partial charge in [-0.25, -0.2) is 0 Å². The fourth-order valence-electron chi connectivity index (χ4n) is 5.48. The van der Waals surface area contributed by atoms with Crippen LogP contribution in [0.5, 0.6) is 0 Å². The Hall–Kier alpha value is -2.26. The summed E-state index contributed by atoms with van der Waals surface area (Å²) in [6.07, 6.45) is 7.05. The highest BCUT2D eigenvalue weighted by Crippen LogP contribution is 2.61. The molecule has 0 N–H and O–H groups in total. The lowest BCUT2D eigenvalue weighted by atomic mass is 10.0. The van der Waals surface area contributed by atoms with Crippen molar-refractivity contribution in [3.63, 3.8) is 0 Å². The van der Waals surface area contributed by atoms with E-state index in [4.69, 9.17) is 0 Å². The third-order valence-electron chi connectivity index (χ3n) is 6.90. The molecule has 0 bridgehead atoms. The van der Waals surface area contributed by atoms with Gasteiger partial charge in [0.25, 0.3) is 0 Å². The first-order valence-electron chi connectivity index (χ1n) is 13.0. The lowest BCUT2D eigenvalue weighted by Crippen LogP contribution is -2.29. The lowest BCUT2D eigenvalue weighted by molar-refractivity contribution is 1.00. The fourth-order valence-corrected chi connectivity index (χ4v) is 11.2. The largest absolute Gasteiger partial charge is 0.0622 e. The van der Waals surface area contributed by atoms with Crippen LogP contribution in [0, 0.1) is 58.5 Å². The van der Waals surface area contributed by atoms with Crippen molar-refractivity contribution in [3.8, 4) is 0 Å². The molecular formula is C35H35P2. The first-order valence-corrected chi connectivity index (χ1v) is 15.8. The Morgan fingerprint density at radius 3 is 1.38 bits per heavy atom. The van der Waals surface area contributed by atoms with Crippen LogP contribution in [-0.4, -0.2) is 5.66 Å². The van der Waals surface area contributed by atoms with Crippen LogP contribution < -0.4 is 21.2 Å². The molecule has 37 heavy (non-hydrogen) atoms. The zero-order chi connectivity index (χ0) is 25.9. The van der Waals surface area contributed by atoms with Gasteiger partial charge in [-0.2, -0.15) is 0 Å². The van der Waals surface area contributed by atoms with E-state index in [9.17, 15) is 0 Å². The van der Waals surface area contributed by atoms with Gasteiger partial charge >= 0.3 is 0 Å². The molecule has 1 atom stereocenters. The summed E-state index contributed by atoms with van der Waals surface area (Å²) in [6, 6.07) is 36.4. The van der Waals surface area contributed by atoms with E-state index >= 15 is 0 Å². The molecule has 1 fully saturated rings. The minimum atomic E-state index is -0.639. The van der Waals surface area contributed by atoms with E-state index in [1.165, 1.54) is 55.0 Å². The molecule has 0 nitrogen and oxygen atoms in total. The minimum Gasteiger partial charge on any atom is -0.0622 e. The topological polar surface area (TPSA) is 0 Å². The Kier molecular flexibility index (Phi) is 8.29. The van der Waals surface area contributed by atoms with E-state index in [0.29, 0.717) is 5.66 Å². The maximum Gasteiger partial charge on any atom is 0.0201 e. The minimum absolute atomic E-state index is 0.389. The second-order valence-corrected chi connectivity index (χ2v) is 14.8. The summed E-state index contributed by atoms with van der Waals surface area (Å²) in [7, 11) is -1.24. The molecule has 5 radical (unpaired) electrons. The van der Waals surface area contributed by atoms with Crippen LogP contribution in [0.15, 0.2) is 97.1 Å². The average Bonchev–Trinajstić information content (AvgIpc) is 3.34. The standard InChI is InChI=1S/C35H35P2/c1-25-19-26(2)22-32(21-25)36(33-23-27(3)20-28(4)24-33)29(5)34-17-12-18-35(34)37(30-13-8-6-9-14-30)31-15-10-7-11-16-31/h6-24,29H,1-5H3. The summed E-state index contributed by atoms with van der Waals surface area (Å²) < 4.78 is 0. The molecule has 0 aromatic heterocycles. The van der Waals surface area contributed by atoms with E-state index in [-0.39, 0.29) is 0 Å². The number of hydrogen-bond donors (Lipinski definition) is 0. The summed E-state index contributed by atoms with van der Waals surface area (Å²) in [5, 5.41) is 5.76. The first kappa shape index (κ1) is 26.4. The SMILES string of the molecule is Cc1cc(C)cc(P(c2cc(C)cc(C)c2)C(C)[C]2[CH][CH][CH][C]2P(c2ccccc2)c2ccccc2)c1. The molecule has 0 spiro atoms. The van der Waals surface area contributed by atoms with Gasteiger partial charge in [0.1, 0.15) is 0 Å². The summed E-state index contributed by atoms with van der Waals surface area (Å²) in [5.74, 6) is 1.49. The maximum absolute atomic E-state index is 2.46. The predicted molar refractivity (Wildman–Crippen MR) is 166 cm³/mol. The summed E-state index contributed by atoms with van der Waals surface area (Å²) in [6.45, 7) is 11.4. The van der Waals surface area contributed by atoms with Gasteiger partial charge in [0.2, 0.25) is 0 Å². The van der Waals surface area contributed by atoms with Gasteiger partial charge in [-0.15, -0.1) is 0 Å². The van der Waals surface area contributed by atoms with Gasteiger partial charge < -0.3 is 0 Å². The van der Waals surface area contributed by atoms with Crippen LogP contribution in [0.25, 0.3) is 0 Å². The van der Waals surface area contributed by atoms with Crippen LogP contribution in [0.2, 0.25) is 0 Å². The van der Waals surface area contributed by atoms with Crippen molar-refractivity contribution in [2.75, 3.05) is 0 Å². The maximum atomic E-state index is 2.46. The molecule has 2 heteroatoms. The van der Waals surface area contributed by atoms with Gasteiger partial charge in [-0.3, -0.25) is 0 Å². The zero-order valence-electron chi connectivity index (χ0n) is 22.4. The van der Waals surface area contributed by atoms with Crippen molar-refractivity contribution in [1.29, 1.82) is 0 Å². The van der Waals surface area contributed by atoms with Crippen LogP contribution in [0.4, 0.5) is 0 Å². The van der Waals surface area contributed by atoms with Crippen molar-refractivity contribution >= 4 is 37.1 Å². The highest BCUT2D eigenvalue weighted by Gasteiger charge is 2.42. The molecule has 185 valence electrons. The average molecular weight is 518 g/mol. The number of benzene rings is 4. The smallest absolute Gasteiger partial charge is 0.0201 e. The molecule has 0 amide bonds. The van der Waals surface area contributed by atoms with E-state index in [1.807, 2.05) is 0 Å². The zero-order valence-corrected chi connectivity index (χ0v) is 24.2. The molecule has 1 saturated carbocycles. The first-order chi connectivity index (χ1) is 17.9. The molecule has 0 aliphatic heterocycles. The van der Waals surface area contributed by atoms with Crippen LogP contribution in [-0.2, 0) is 0 Å². The fraction of sp³-hybridized carbons (Fsp3) is 0.171. The molecule has 1 unspecified atom stereocenters. The Labute approximate surface area is 227 Å². The monoisotopic (exact) mass is 517 g/mol. The van der Waals surface area contributed by atoms with Crippen molar-refractivity contribution in [2.24, 2.45) is 0 Å². The molecule has 1 aliphatic rings. The van der Waals surface area contributed by atoms with Gasteiger partial charge in [0, 0.05) is 5.66 Å². The van der Waals surface area contributed by atoms with Gasteiger partial charge in [-0.1, -0.05) is 126 Å². The van der Waals surface area contributed by atoms with Crippen molar-refractivity contribution < 1.29 is 0 Å². The lowest BCUT2D eigenvalue weighted by Gasteiger charge is -2.36. The van der Waals surface area contributed by atoms with E-state index in [1.54, 1.807) is 0 Å². The van der Waals surface area contributed by atoms with Crippen LogP contribution in [0.3, 0.4) is 0 Å². The highest BCUT2D eigenvalue weighted by molar-refractivity contribution is 7.76. The second-order valence-electron chi connectivity index (χ2n) is 10.1. The normalized spacial score (nSPS) is 15.5. The van der Waals surface area contributed by atoms with Crippen molar-refractivity contribution in [1.82, 2.24) is 0 Å². The second kappa shape index (κ2) is 11.6. The number of rotatable bonds is 7. The van der Waals surface area contributed by atoms with Crippen molar-refractivity contribution in [3.05, 3.63) is 150 Å². The third-order valence-corrected chi connectivity index (χ3v) is 12.1. The van der Waals surface area contributed by atoms with E-state index in [0.717, 1.165) is 0 Å². The van der Waals surface area contributed by atoms with Gasteiger partial charge in [0.05, 0.1) is 0 Å². The summed E-state index contributed by atoms with van der Waals surface area (Å²) >= 11 is 0. The van der Waals surface area contributed by atoms with E-state index < -0.39 is 15.8 Å². The molecular weight excluding hydrogens is 482 g/mol. The molecule has 0 saturated heterocycles. The van der Waals surface area contributed by atoms with E-state index in [2.05, 4.69) is 151 Å². The summed E-state index contributed by atoms with van der Waals surface area (Å²) in [5.41, 5.74) is 7.26. The Morgan fingerprint density at radius 1 is 0.514 bits per heavy atom. The highest BCUT2D eigenvalue weighted by atomic mass is 31.1. The molecule has 4 aromatic carbocycles. The predicted octanol–water partition coefficient (Wildman–Crippen LogP) is 7.61.